The molecule has 1 saturated carbocycles. The number of benzene rings is 1. The molecule has 8 nitrogen and oxygen atoms in total. The van der Waals surface area contributed by atoms with E-state index in [0.29, 0.717) is 30.2 Å². The first kappa shape index (κ1) is 16.1. The summed E-state index contributed by atoms with van der Waals surface area (Å²) in [6, 6.07) is 7.25. The van der Waals surface area contributed by atoms with Crippen molar-refractivity contribution in [2.75, 3.05) is 22.6 Å². The summed E-state index contributed by atoms with van der Waals surface area (Å²) < 4.78 is 5.06. The van der Waals surface area contributed by atoms with Crippen molar-refractivity contribution in [2.45, 2.75) is 19.4 Å². The Morgan fingerprint density at radius 1 is 1.46 bits per heavy atom. The number of pyridine rings is 1. The monoisotopic (exact) mass is 351 g/mol. The molecule has 3 N–H and O–H groups in total. The van der Waals surface area contributed by atoms with Crippen molar-refractivity contribution in [3.05, 3.63) is 24.4 Å². The van der Waals surface area contributed by atoms with E-state index in [-0.39, 0.29) is 23.8 Å². The van der Waals surface area contributed by atoms with Gasteiger partial charge in [-0.1, -0.05) is 0 Å². The molecule has 1 aromatic carbocycles. The van der Waals surface area contributed by atoms with Gasteiger partial charge < -0.3 is 15.8 Å². The van der Waals surface area contributed by atoms with Crippen molar-refractivity contribution in [1.29, 1.82) is 5.26 Å². The minimum atomic E-state index is -0.407. The number of amides is 2. The summed E-state index contributed by atoms with van der Waals surface area (Å²) in [5.74, 6) is -0.293. The van der Waals surface area contributed by atoms with Crippen LogP contribution in [0.5, 0.6) is 0 Å². The number of ether oxygens (including phenoxy) is 1. The van der Waals surface area contributed by atoms with Crippen molar-refractivity contribution in [2.24, 2.45) is 11.8 Å². The summed E-state index contributed by atoms with van der Waals surface area (Å²) >= 11 is 0. The summed E-state index contributed by atoms with van der Waals surface area (Å²) in [5, 5.41) is 13.1. The Labute approximate surface area is 149 Å². The predicted molar refractivity (Wildman–Crippen MR) is 95.3 cm³/mol. The van der Waals surface area contributed by atoms with Gasteiger partial charge >= 0.3 is 6.09 Å². The Morgan fingerprint density at radius 2 is 2.27 bits per heavy atom. The molecule has 2 aromatic rings. The normalized spacial score (nSPS) is 24.2. The van der Waals surface area contributed by atoms with Gasteiger partial charge in [-0.2, -0.15) is 5.26 Å². The number of hydrogen-bond donors (Lipinski definition) is 2. The van der Waals surface area contributed by atoms with E-state index in [1.54, 1.807) is 23.2 Å². The van der Waals surface area contributed by atoms with Crippen LogP contribution in [-0.4, -0.2) is 29.6 Å². The third-order valence-corrected chi connectivity index (χ3v) is 4.76. The van der Waals surface area contributed by atoms with Crippen LogP contribution in [0.15, 0.2) is 24.4 Å². The first-order valence-electron chi connectivity index (χ1n) is 8.33. The largest absolute Gasteiger partial charge is 0.447 e. The fourth-order valence-corrected chi connectivity index (χ4v) is 3.20. The van der Waals surface area contributed by atoms with E-state index in [1.807, 2.05) is 13.0 Å². The zero-order valence-electron chi connectivity index (χ0n) is 14.1. The summed E-state index contributed by atoms with van der Waals surface area (Å²) in [6.07, 6.45) is 1.77. The molecule has 8 heteroatoms. The van der Waals surface area contributed by atoms with Crippen molar-refractivity contribution < 1.29 is 14.3 Å². The lowest BCUT2D eigenvalue weighted by Crippen LogP contribution is -2.30. The Hall–Kier alpha value is -3.34. The van der Waals surface area contributed by atoms with Crippen LogP contribution in [0.25, 0.3) is 10.8 Å². The van der Waals surface area contributed by atoms with Crippen molar-refractivity contribution in [3.63, 3.8) is 0 Å². The highest BCUT2D eigenvalue weighted by Gasteiger charge is 2.43. The second kappa shape index (κ2) is 5.88. The third-order valence-electron chi connectivity index (χ3n) is 4.76. The Balaban J connectivity index is 1.65. The van der Waals surface area contributed by atoms with E-state index in [9.17, 15) is 9.59 Å². The van der Waals surface area contributed by atoms with Crippen LogP contribution < -0.4 is 16.0 Å². The molecule has 2 amide bonds. The first-order chi connectivity index (χ1) is 12.5. The second-order valence-electron chi connectivity index (χ2n) is 6.69. The number of carbonyl (C=O) groups excluding carboxylic acids is 2. The van der Waals surface area contributed by atoms with Crippen LogP contribution >= 0.6 is 0 Å². The molecule has 2 aliphatic rings. The minimum Gasteiger partial charge on any atom is -0.447 e. The van der Waals surface area contributed by atoms with E-state index in [1.165, 1.54) is 0 Å². The molecule has 1 unspecified atom stereocenters. The molecule has 26 heavy (non-hydrogen) atoms. The van der Waals surface area contributed by atoms with Gasteiger partial charge in [0, 0.05) is 17.3 Å². The number of rotatable bonds is 3. The number of nitrogens with one attached hydrogen (secondary N) is 1. The highest BCUT2D eigenvalue weighted by molar-refractivity contribution is 6.02. The molecule has 0 spiro atoms. The number of hydrogen-bond acceptors (Lipinski definition) is 6. The van der Waals surface area contributed by atoms with Crippen LogP contribution in [0.2, 0.25) is 0 Å². The maximum Gasteiger partial charge on any atom is 0.414 e. The fraction of sp³-hybridized carbons (Fsp3) is 0.333. The second-order valence-corrected chi connectivity index (χ2v) is 6.69. The number of carbonyl (C=O) groups is 2. The molecule has 0 radical (unpaired) electrons. The Kier molecular flexibility index (Phi) is 3.65. The average Bonchev–Trinajstić information content (AvgIpc) is 3.33. The highest BCUT2D eigenvalue weighted by atomic mass is 16.6. The summed E-state index contributed by atoms with van der Waals surface area (Å²) in [5.41, 5.74) is 7.25. The predicted octanol–water partition coefficient (Wildman–Crippen LogP) is 2.26. The number of fused-ring (bicyclic) bond motifs is 1. The molecule has 0 bridgehead atoms. The third kappa shape index (κ3) is 2.67. The van der Waals surface area contributed by atoms with E-state index < -0.39 is 6.09 Å². The lowest BCUT2D eigenvalue weighted by atomic mass is 10.1. The number of nitrogens with two attached hydrogens (primary N) is 1. The maximum atomic E-state index is 12.1. The van der Waals surface area contributed by atoms with Gasteiger partial charge in [0.25, 0.3) is 0 Å². The fourth-order valence-electron chi connectivity index (χ4n) is 3.20. The van der Waals surface area contributed by atoms with Gasteiger partial charge in [0.2, 0.25) is 5.91 Å². The Bertz CT molecular complexity index is 967. The number of nitriles is 1. The van der Waals surface area contributed by atoms with Crippen LogP contribution in [0.3, 0.4) is 0 Å². The lowest BCUT2D eigenvalue weighted by molar-refractivity contribution is -0.117. The molecule has 2 heterocycles. The highest BCUT2D eigenvalue weighted by Crippen LogP contribution is 2.38. The topological polar surface area (TPSA) is 121 Å². The molecule has 1 aliphatic heterocycles. The van der Waals surface area contributed by atoms with Crippen molar-refractivity contribution >= 4 is 40.0 Å². The van der Waals surface area contributed by atoms with Gasteiger partial charge in [0.15, 0.2) is 0 Å². The van der Waals surface area contributed by atoms with Crippen LogP contribution in [0.1, 0.15) is 13.3 Å². The zero-order valence-corrected chi connectivity index (χ0v) is 14.1. The van der Waals surface area contributed by atoms with Gasteiger partial charge in [-0.05, 0) is 36.9 Å². The maximum absolute atomic E-state index is 12.1. The van der Waals surface area contributed by atoms with Gasteiger partial charge in [-0.15, -0.1) is 0 Å². The molecule has 1 saturated heterocycles. The summed E-state index contributed by atoms with van der Waals surface area (Å²) in [4.78, 5) is 29.8. The summed E-state index contributed by atoms with van der Waals surface area (Å²) in [7, 11) is 0. The molecule has 132 valence electrons. The molecule has 4 rings (SSSR count). The van der Waals surface area contributed by atoms with Gasteiger partial charge in [-0.25, -0.2) is 9.78 Å². The number of nitrogens with zero attached hydrogens (tertiary/aromatic N) is 3. The molecule has 1 aliphatic carbocycles. The van der Waals surface area contributed by atoms with Crippen LogP contribution in [0.4, 0.5) is 22.0 Å². The SMILES string of the molecule is C[C@@H]1COC(=O)N1c1cc(N)c2cnc(NC(=O)[C@@H]3CC3C#N)cc2c1. The molecule has 1 aromatic heterocycles. The molecule has 2 fully saturated rings. The number of anilines is 3. The van der Waals surface area contributed by atoms with Crippen LogP contribution in [0, 0.1) is 23.2 Å². The zero-order chi connectivity index (χ0) is 18.4. The lowest BCUT2D eigenvalue weighted by Gasteiger charge is -2.19. The number of aromatic nitrogens is 1. The van der Waals surface area contributed by atoms with Gasteiger partial charge in [0.1, 0.15) is 12.4 Å². The van der Waals surface area contributed by atoms with E-state index in [4.69, 9.17) is 15.7 Å². The summed E-state index contributed by atoms with van der Waals surface area (Å²) in [6.45, 7) is 2.22. The number of cyclic esters (lactones) is 1. The quantitative estimate of drug-likeness (QED) is 0.818. The molecule has 3 atom stereocenters. The van der Waals surface area contributed by atoms with Gasteiger partial charge in [-0.3, -0.25) is 9.69 Å². The number of nitrogen functional groups attached to an aromatic ring is 1. The first-order valence-corrected chi connectivity index (χ1v) is 8.33. The van der Waals surface area contributed by atoms with Crippen molar-refractivity contribution in [3.8, 4) is 6.07 Å². The van der Waals surface area contributed by atoms with Gasteiger partial charge in [0.05, 0.1) is 29.6 Å². The molecular formula is C18H17N5O3. The average molecular weight is 351 g/mol. The standard InChI is InChI=1S/C18H17N5O3/c1-9-8-26-18(25)23(9)12-2-10-4-16(21-7-14(10)15(20)5-12)22-17(24)13-3-11(13)6-19/h2,4-5,7,9,11,13H,3,8,20H2,1H3,(H,21,22,24)/t9-,11?,13-/m1/s1. The van der Waals surface area contributed by atoms with E-state index in [0.717, 1.165) is 10.8 Å². The molecular weight excluding hydrogens is 334 g/mol. The van der Waals surface area contributed by atoms with Crippen molar-refractivity contribution in [1.82, 2.24) is 4.98 Å². The van der Waals surface area contributed by atoms with Crippen LogP contribution in [-0.2, 0) is 9.53 Å². The minimum absolute atomic E-state index is 0.0851. The Morgan fingerprint density at radius 3 is 2.92 bits per heavy atom. The van der Waals surface area contributed by atoms with E-state index in [2.05, 4.69) is 16.4 Å². The van der Waals surface area contributed by atoms with E-state index >= 15 is 0 Å². The smallest absolute Gasteiger partial charge is 0.414 e.